The molecule has 132 valence electrons. The normalized spacial score (nSPS) is 11.1. The zero-order chi connectivity index (χ0) is 18.9. The summed E-state index contributed by atoms with van der Waals surface area (Å²) < 4.78 is 25.8. The number of aromatic hydroxyl groups is 1. The van der Waals surface area contributed by atoms with Gasteiger partial charge in [0.2, 0.25) is 5.91 Å². The van der Waals surface area contributed by atoms with Gasteiger partial charge in [0.05, 0.1) is 10.6 Å². The molecule has 0 fully saturated rings. The summed E-state index contributed by atoms with van der Waals surface area (Å²) in [5, 5.41) is 9.98. The Morgan fingerprint density at radius 2 is 1.84 bits per heavy atom. The van der Waals surface area contributed by atoms with Crippen molar-refractivity contribution in [3.8, 4) is 11.6 Å². The van der Waals surface area contributed by atoms with E-state index >= 15 is 0 Å². The molecule has 0 atom stereocenters. The van der Waals surface area contributed by atoms with Crippen molar-refractivity contribution in [2.75, 3.05) is 0 Å². The molecule has 2 rings (SSSR count). The molecule has 1 aromatic carbocycles. The fourth-order valence-corrected chi connectivity index (χ4v) is 3.58. The van der Waals surface area contributed by atoms with Crippen molar-refractivity contribution in [3.63, 3.8) is 0 Å². The van der Waals surface area contributed by atoms with Crippen LogP contribution >= 0.6 is 0 Å². The van der Waals surface area contributed by atoms with Crippen molar-refractivity contribution in [1.29, 1.82) is 0 Å². The average molecular weight is 365 g/mol. The zero-order valence-corrected chi connectivity index (χ0v) is 14.1. The SMILES string of the molecule is CC(=O)N(C(N)=O)S(=O)(=O)c1cccc(-n2c(O)cc(C)cc2=O)c1. The molecule has 3 amide bonds. The van der Waals surface area contributed by atoms with Gasteiger partial charge in [0.25, 0.3) is 15.6 Å². The van der Waals surface area contributed by atoms with E-state index in [0.717, 1.165) is 23.6 Å². The van der Waals surface area contributed by atoms with Crippen LogP contribution in [0.4, 0.5) is 4.79 Å². The Morgan fingerprint density at radius 1 is 1.20 bits per heavy atom. The maximum Gasteiger partial charge on any atom is 0.335 e. The number of benzene rings is 1. The van der Waals surface area contributed by atoms with Gasteiger partial charge in [0.15, 0.2) is 5.88 Å². The summed E-state index contributed by atoms with van der Waals surface area (Å²) in [7, 11) is -4.55. The van der Waals surface area contributed by atoms with Gasteiger partial charge in [-0.2, -0.15) is 4.31 Å². The summed E-state index contributed by atoms with van der Waals surface area (Å²) in [6, 6.07) is 6.00. The third-order valence-electron chi connectivity index (χ3n) is 3.26. The highest BCUT2D eigenvalue weighted by atomic mass is 32.2. The van der Waals surface area contributed by atoms with E-state index < -0.39 is 38.3 Å². The van der Waals surface area contributed by atoms with Crippen LogP contribution in [0.2, 0.25) is 0 Å². The summed E-state index contributed by atoms with van der Waals surface area (Å²) in [5.41, 5.74) is 4.95. The summed E-state index contributed by atoms with van der Waals surface area (Å²) in [6.07, 6.45) is 0. The number of rotatable bonds is 3. The van der Waals surface area contributed by atoms with Gasteiger partial charge in [0.1, 0.15) is 0 Å². The highest BCUT2D eigenvalue weighted by molar-refractivity contribution is 7.90. The molecule has 25 heavy (non-hydrogen) atoms. The minimum absolute atomic E-state index is 0.0385. The molecule has 1 aromatic heterocycles. The molecular weight excluding hydrogens is 350 g/mol. The van der Waals surface area contributed by atoms with Crippen LogP contribution in [0.1, 0.15) is 12.5 Å². The number of carbonyl (C=O) groups excluding carboxylic acids is 2. The molecule has 0 unspecified atom stereocenters. The van der Waals surface area contributed by atoms with Crippen LogP contribution in [0.25, 0.3) is 5.69 Å². The smallest absolute Gasteiger partial charge is 0.335 e. The van der Waals surface area contributed by atoms with E-state index in [-0.39, 0.29) is 9.99 Å². The van der Waals surface area contributed by atoms with Gasteiger partial charge >= 0.3 is 6.03 Å². The van der Waals surface area contributed by atoms with Crippen molar-refractivity contribution in [3.05, 3.63) is 52.3 Å². The van der Waals surface area contributed by atoms with E-state index in [1.165, 1.54) is 24.3 Å². The van der Waals surface area contributed by atoms with E-state index in [0.29, 0.717) is 5.56 Å². The molecule has 0 aliphatic rings. The predicted molar refractivity (Wildman–Crippen MR) is 87.7 cm³/mol. The van der Waals surface area contributed by atoms with Crippen LogP contribution in [-0.2, 0) is 14.8 Å². The second-order valence-electron chi connectivity index (χ2n) is 5.19. The Morgan fingerprint density at radius 3 is 2.36 bits per heavy atom. The Hall–Kier alpha value is -3.14. The van der Waals surface area contributed by atoms with Crippen LogP contribution in [0.15, 0.2) is 46.1 Å². The number of amides is 3. The van der Waals surface area contributed by atoms with Gasteiger partial charge in [-0.05, 0) is 30.7 Å². The lowest BCUT2D eigenvalue weighted by atomic mass is 10.2. The molecular formula is C15H15N3O6S. The van der Waals surface area contributed by atoms with Crippen molar-refractivity contribution in [2.24, 2.45) is 5.73 Å². The minimum Gasteiger partial charge on any atom is -0.494 e. The average Bonchev–Trinajstić information content (AvgIpc) is 2.45. The fourth-order valence-electron chi connectivity index (χ4n) is 2.27. The number of hydrogen-bond acceptors (Lipinski definition) is 6. The first-order valence-electron chi connectivity index (χ1n) is 6.94. The number of aryl methyl sites for hydroxylation is 1. The summed E-state index contributed by atoms with van der Waals surface area (Å²) in [4.78, 5) is 34.4. The number of urea groups is 1. The maximum absolute atomic E-state index is 12.5. The maximum atomic E-state index is 12.5. The molecule has 1 heterocycles. The summed E-state index contributed by atoms with van der Waals surface area (Å²) in [6.45, 7) is 2.49. The van der Waals surface area contributed by atoms with Gasteiger partial charge in [-0.3, -0.25) is 9.59 Å². The molecule has 0 aliphatic heterocycles. The monoisotopic (exact) mass is 365 g/mol. The van der Waals surface area contributed by atoms with Crippen molar-refractivity contribution < 1.29 is 23.1 Å². The van der Waals surface area contributed by atoms with Gasteiger partial charge in [-0.15, -0.1) is 0 Å². The number of carbonyl (C=O) groups is 2. The number of nitrogens with two attached hydrogens (primary N) is 1. The minimum atomic E-state index is -4.55. The predicted octanol–water partition coefficient (Wildman–Crippen LogP) is 0.467. The third-order valence-corrected chi connectivity index (χ3v) is 5.03. The Bertz CT molecular complexity index is 1010. The Labute approximate surface area is 143 Å². The standard InChI is InChI=1S/C15H15N3O6S/c1-9-6-13(20)17(14(21)7-9)11-4-3-5-12(8-11)25(23,24)18(10(2)19)15(16)22/h3-8,20H,1-2H3,(H2,16,22). The van der Waals surface area contributed by atoms with Crippen LogP contribution in [0.5, 0.6) is 5.88 Å². The van der Waals surface area contributed by atoms with Crippen molar-refractivity contribution >= 4 is 22.0 Å². The van der Waals surface area contributed by atoms with E-state index in [2.05, 4.69) is 0 Å². The molecule has 0 bridgehead atoms. The van der Waals surface area contributed by atoms with Crippen molar-refractivity contribution in [1.82, 2.24) is 8.87 Å². The first-order chi connectivity index (χ1) is 11.6. The lowest BCUT2D eigenvalue weighted by Crippen LogP contribution is -2.43. The lowest BCUT2D eigenvalue weighted by Gasteiger charge is -2.17. The molecule has 0 radical (unpaired) electrons. The fraction of sp³-hybridized carbons (Fsp3) is 0.133. The van der Waals surface area contributed by atoms with Crippen LogP contribution in [-0.4, -0.2) is 34.3 Å². The molecule has 2 aromatic rings. The molecule has 9 nitrogen and oxygen atoms in total. The molecule has 0 saturated carbocycles. The number of nitrogens with zero attached hydrogens (tertiary/aromatic N) is 2. The summed E-state index contributed by atoms with van der Waals surface area (Å²) in [5.74, 6) is -1.47. The van der Waals surface area contributed by atoms with Crippen LogP contribution in [0, 0.1) is 6.92 Å². The molecule has 10 heteroatoms. The highest BCUT2D eigenvalue weighted by Gasteiger charge is 2.31. The van der Waals surface area contributed by atoms with E-state index in [4.69, 9.17) is 5.73 Å². The van der Waals surface area contributed by atoms with Gasteiger partial charge in [-0.25, -0.2) is 17.8 Å². The summed E-state index contributed by atoms with van der Waals surface area (Å²) >= 11 is 0. The first kappa shape index (κ1) is 18.2. The van der Waals surface area contributed by atoms with Gasteiger partial charge in [0, 0.05) is 19.1 Å². The third kappa shape index (κ3) is 3.38. The second-order valence-corrected chi connectivity index (χ2v) is 6.98. The van der Waals surface area contributed by atoms with Gasteiger partial charge < -0.3 is 10.8 Å². The molecule has 3 N–H and O–H groups in total. The number of hydrogen-bond donors (Lipinski definition) is 2. The largest absolute Gasteiger partial charge is 0.494 e. The molecule has 0 aliphatic carbocycles. The lowest BCUT2D eigenvalue weighted by molar-refractivity contribution is -0.122. The van der Waals surface area contributed by atoms with E-state index in [1.54, 1.807) is 6.92 Å². The Balaban J connectivity index is 2.67. The van der Waals surface area contributed by atoms with E-state index in [9.17, 15) is 27.9 Å². The first-order valence-corrected chi connectivity index (χ1v) is 8.38. The van der Waals surface area contributed by atoms with E-state index in [1.807, 2.05) is 0 Å². The molecule has 0 saturated heterocycles. The second kappa shape index (κ2) is 6.40. The number of primary amides is 1. The number of pyridine rings is 1. The van der Waals surface area contributed by atoms with Gasteiger partial charge in [-0.1, -0.05) is 6.07 Å². The highest BCUT2D eigenvalue weighted by Crippen LogP contribution is 2.21. The number of sulfonamides is 1. The Kier molecular flexibility index (Phi) is 4.66. The number of aromatic nitrogens is 1. The van der Waals surface area contributed by atoms with Crippen molar-refractivity contribution in [2.45, 2.75) is 18.7 Å². The number of imide groups is 1. The topological polar surface area (TPSA) is 140 Å². The van der Waals surface area contributed by atoms with Crippen LogP contribution in [0.3, 0.4) is 0 Å². The quantitative estimate of drug-likeness (QED) is 0.810. The zero-order valence-electron chi connectivity index (χ0n) is 13.3. The van der Waals surface area contributed by atoms with Crippen LogP contribution < -0.4 is 11.3 Å². The molecule has 0 spiro atoms.